The van der Waals surface area contributed by atoms with Gasteiger partial charge in [0.15, 0.2) is 0 Å². The van der Waals surface area contributed by atoms with E-state index in [1.807, 2.05) is 0 Å². The fraction of sp³-hybridized carbons (Fsp3) is 0.647. The van der Waals surface area contributed by atoms with Crippen molar-refractivity contribution in [1.82, 2.24) is 4.90 Å². The average molecular weight is 276 g/mol. The maximum atomic E-state index is 9.65. The standard InChI is InChI=1S/C17H28N2O/c1-16(2,3)13-7-6-12-10-19(17(4,5)11-20)15(9-18)14(12)8-13/h6-8,15,20H,9-11,18H2,1-5H3. The highest BCUT2D eigenvalue weighted by atomic mass is 16.3. The Morgan fingerprint density at radius 3 is 2.40 bits per heavy atom. The largest absolute Gasteiger partial charge is 0.394 e. The molecule has 0 saturated heterocycles. The van der Waals surface area contributed by atoms with E-state index in [4.69, 9.17) is 5.73 Å². The number of hydrogen-bond donors (Lipinski definition) is 2. The number of rotatable bonds is 3. The van der Waals surface area contributed by atoms with Gasteiger partial charge in [0.25, 0.3) is 0 Å². The van der Waals surface area contributed by atoms with E-state index in [2.05, 4.69) is 57.7 Å². The molecule has 20 heavy (non-hydrogen) atoms. The number of nitrogens with two attached hydrogens (primary N) is 1. The molecule has 1 unspecified atom stereocenters. The Labute approximate surface area is 122 Å². The highest BCUT2D eigenvalue weighted by molar-refractivity contribution is 5.40. The molecule has 1 aliphatic heterocycles. The zero-order valence-corrected chi connectivity index (χ0v) is 13.4. The van der Waals surface area contributed by atoms with Crippen LogP contribution < -0.4 is 5.73 Å². The van der Waals surface area contributed by atoms with Gasteiger partial charge in [-0.2, -0.15) is 0 Å². The summed E-state index contributed by atoms with van der Waals surface area (Å²) in [6, 6.07) is 6.96. The van der Waals surface area contributed by atoms with E-state index in [1.54, 1.807) is 0 Å². The van der Waals surface area contributed by atoms with Crippen molar-refractivity contribution in [2.45, 2.75) is 58.2 Å². The zero-order chi connectivity index (χ0) is 15.1. The SMILES string of the molecule is CC(C)(C)c1ccc2c(c1)C(CN)N(C(C)(C)CO)C2. The number of hydrogen-bond acceptors (Lipinski definition) is 3. The molecule has 0 aliphatic carbocycles. The molecule has 0 saturated carbocycles. The molecule has 0 amide bonds. The van der Waals surface area contributed by atoms with Gasteiger partial charge in [-0.25, -0.2) is 0 Å². The highest BCUT2D eigenvalue weighted by Gasteiger charge is 2.38. The lowest BCUT2D eigenvalue weighted by Gasteiger charge is -2.38. The minimum absolute atomic E-state index is 0.142. The molecule has 1 aliphatic rings. The second-order valence-electron chi connectivity index (χ2n) is 7.51. The molecule has 1 aromatic rings. The van der Waals surface area contributed by atoms with Crippen LogP contribution in [0, 0.1) is 0 Å². The number of aliphatic hydroxyl groups is 1. The van der Waals surface area contributed by atoms with Crippen molar-refractivity contribution in [3.05, 3.63) is 34.9 Å². The summed E-state index contributed by atoms with van der Waals surface area (Å²) in [7, 11) is 0. The predicted molar refractivity (Wildman–Crippen MR) is 83.6 cm³/mol. The summed E-state index contributed by atoms with van der Waals surface area (Å²) in [5, 5.41) is 9.65. The zero-order valence-electron chi connectivity index (χ0n) is 13.4. The minimum atomic E-state index is -0.245. The number of nitrogens with zero attached hydrogens (tertiary/aromatic N) is 1. The average Bonchev–Trinajstić information content (AvgIpc) is 2.75. The van der Waals surface area contributed by atoms with Crippen LogP contribution in [-0.4, -0.2) is 28.7 Å². The van der Waals surface area contributed by atoms with Gasteiger partial charge in [0.2, 0.25) is 0 Å². The van der Waals surface area contributed by atoms with Crippen LogP contribution in [0.25, 0.3) is 0 Å². The van der Waals surface area contributed by atoms with E-state index < -0.39 is 0 Å². The molecule has 1 heterocycles. The summed E-state index contributed by atoms with van der Waals surface area (Å²) < 4.78 is 0. The molecule has 0 spiro atoms. The molecule has 3 nitrogen and oxygen atoms in total. The van der Waals surface area contributed by atoms with Gasteiger partial charge in [0.1, 0.15) is 0 Å². The predicted octanol–water partition coefficient (Wildman–Crippen LogP) is 2.57. The number of fused-ring (bicyclic) bond motifs is 1. The van der Waals surface area contributed by atoms with Crippen molar-refractivity contribution in [3.8, 4) is 0 Å². The third-order valence-electron chi connectivity index (χ3n) is 4.48. The highest BCUT2D eigenvalue weighted by Crippen LogP contribution is 2.39. The van der Waals surface area contributed by atoms with Gasteiger partial charge in [-0.1, -0.05) is 39.0 Å². The summed E-state index contributed by atoms with van der Waals surface area (Å²) in [5.74, 6) is 0. The Morgan fingerprint density at radius 2 is 1.90 bits per heavy atom. The summed E-state index contributed by atoms with van der Waals surface area (Å²) in [5.41, 5.74) is 9.95. The van der Waals surface area contributed by atoms with Crippen molar-refractivity contribution >= 4 is 0 Å². The maximum Gasteiger partial charge on any atom is 0.0610 e. The van der Waals surface area contributed by atoms with Crippen LogP contribution in [0.4, 0.5) is 0 Å². The normalized spacial score (nSPS) is 20.2. The van der Waals surface area contributed by atoms with Gasteiger partial charge < -0.3 is 10.8 Å². The van der Waals surface area contributed by atoms with Crippen molar-refractivity contribution < 1.29 is 5.11 Å². The molecule has 1 aromatic carbocycles. The summed E-state index contributed by atoms with van der Waals surface area (Å²) >= 11 is 0. The smallest absolute Gasteiger partial charge is 0.0610 e. The molecule has 112 valence electrons. The van der Waals surface area contributed by atoms with Gasteiger partial charge in [0, 0.05) is 24.7 Å². The third kappa shape index (κ3) is 2.62. The quantitative estimate of drug-likeness (QED) is 0.892. The van der Waals surface area contributed by atoms with Crippen LogP contribution in [0.1, 0.15) is 57.4 Å². The van der Waals surface area contributed by atoms with Crippen LogP contribution in [0.3, 0.4) is 0 Å². The first-order chi connectivity index (χ1) is 9.20. The second-order valence-corrected chi connectivity index (χ2v) is 7.51. The van der Waals surface area contributed by atoms with E-state index in [0.717, 1.165) is 6.54 Å². The Hall–Kier alpha value is -0.900. The first kappa shape index (κ1) is 15.5. The maximum absolute atomic E-state index is 9.65. The topological polar surface area (TPSA) is 49.5 Å². The molecular weight excluding hydrogens is 248 g/mol. The first-order valence-electron chi connectivity index (χ1n) is 7.41. The fourth-order valence-corrected chi connectivity index (χ4v) is 2.96. The lowest BCUT2D eigenvalue weighted by Crippen LogP contribution is -2.47. The number of aliphatic hydroxyl groups excluding tert-OH is 1. The lowest BCUT2D eigenvalue weighted by atomic mass is 9.85. The molecule has 2 rings (SSSR count). The van der Waals surface area contributed by atoms with Gasteiger partial charge in [-0.3, -0.25) is 4.90 Å². The van der Waals surface area contributed by atoms with Gasteiger partial charge in [-0.05, 0) is 36.0 Å². The summed E-state index contributed by atoms with van der Waals surface area (Å²) in [6.45, 7) is 12.4. The van der Waals surface area contributed by atoms with E-state index >= 15 is 0 Å². The van der Waals surface area contributed by atoms with E-state index in [-0.39, 0.29) is 23.6 Å². The van der Waals surface area contributed by atoms with Crippen molar-refractivity contribution in [2.24, 2.45) is 5.73 Å². The lowest BCUT2D eigenvalue weighted by molar-refractivity contribution is 0.0292. The Bertz CT molecular complexity index is 488. The van der Waals surface area contributed by atoms with Crippen LogP contribution in [0.5, 0.6) is 0 Å². The van der Waals surface area contributed by atoms with Crippen LogP contribution in [0.2, 0.25) is 0 Å². The van der Waals surface area contributed by atoms with Gasteiger partial charge in [0.05, 0.1) is 6.61 Å². The van der Waals surface area contributed by atoms with Gasteiger partial charge >= 0.3 is 0 Å². The summed E-state index contributed by atoms with van der Waals surface area (Å²) in [4.78, 5) is 2.32. The molecule has 0 aromatic heterocycles. The van der Waals surface area contributed by atoms with Crippen molar-refractivity contribution in [3.63, 3.8) is 0 Å². The van der Waals surface area contributed by atoms with Gasteiger partial charge in [-0.15, -0.1) is 0 Å². The van der Waals surface area contributed by atoms with Crippen LogP contribution in [0.15, 0.2) is 18.2 Å². The monoisotopic (exact) mass is 276 g/mol. The van der Waals surface area contributed by atoms with Crippen molar-refractivity contribution in [2.75, 3.05) is 13.2 Å². The summed E-state index contributed by atoms with van der Waals surface area (Å²) in [6.07, 6.45) is 0. The molecule has 0 bridgehead atoms. The molecule has 0 fully saturated rings. The van der Waals surface area contributed by atoms with E-state index in [1.165, 1.54) is 16.7 Å². The number of benzene rings is 1. The Morgan fingerprint density at radius 1 is 1.25 bits per heavy atom. The van der Waals surface area contributed by atoms with E-state index in [9.17, 15) is 5.11 Å². The van der Waals surface area contributed by atoms with Crippen LogP contribution >= 0.6 is 0 Å². The molecule has 0 radical (unpaired) electrons. The Kier molecular flexibility index (Phi) is 3.98. The minimum Gasteiger partial charge on any atom is -0.394 e. The second kappa shape index (κ2) is 5.14. The first-order valence-corrected chi connectivity index (χ1v) is 7.41. The third-order valence-corrected chi connectivity index (χ3v) is 4.48. The van der Waals surface area contributed by atoms with Crippen molar-refractivity contribution in [1.29, 1.82) is 0 Å². The molecule has 1 atom stereocenters. The Balaban J connectivity index is 2.42. The molecule has 3 heteroatoms. The van der Waals surface area contributed by atoms with E-state index in [0.29, 0.717) is 6.54 Å². The van der Waals surface area contributed by atoms with Crippen LogP contribution in [-0.2, 0) is 12.0 Å². The molecule has 3 N–H and O–H groups in total. The fourth-order valence-electron chi connectivity index (χ4n) is 2.96. The molecular formula is C17H28N2O.